The molecular weight excluding hydrogens is 554 g/mol. The van der Waals surface area contributed by atoms with Crippen molar-refractivity contribution in [3.8, 4) is 39.1 Å². The lowest BCUT2D eigenvalue weighted by Crippen LogP contribution is -2.19. The number of alkyl halides is 3. The van der Waals surface area contributed by atoms with Gasteiger partial charge in [-0.2, -0.15) is 0 Å². The molecule has 0 amide bonds. The lowest BCUT2D eigenvalue weighted by atomic mass is 9.96. The van der Waals surface area contributed by atoms with Gasteiger partial charge in [-0.05, 0) is 59.0 Å². The number of halogens is 10. The Morgan fingerprint density at radius 3 is 1.62 bits per heavy atom. The molecule has 0 bridgehead atoms. The first-order valence-corrected chi connectivity index (χ1v) is 11.5. The average Bonchev–Trinajstić information content (AvgIpc) is 2.89. The smallest absolute Gasteiger partial charge is 0.399 e. The minimum absolute atomic E-state index is 0.00601. The van der Waals surface area contributed by atoms with Crippen molar-refractivity contribution in [1.82, 2.24) is 0 Å². The molecule has 0 aliphatic carbocycles. The highest BCUT2D eigenvalue weighted by Crippen LogP contribution is 2.37. The van der Waals surface area contributed by atoms with Crippen molar-refractivity contribution in [3.63, 3.8) is 0 Å². The first-order valence-electron chi connectivity index (χ1n) is 11.5. The molecule has 1 nitrogen and oxygen atoms in total. The third-order valence-electron chi connectivity index (χ3n) is 5.85. The summed E-state index contributed by atoms with van der Waals surface area (Å²) in [5.74, 6) is -11.1. The summed E-state index contributed by atoms with van der Waals surface area (Å²) in [4.78, 5) is 0. The zero-order valence-electron chi connectivity index (χ0n) is 20.2. The Labute approximate surface area is 221 Å². The van der Waals surface area contributed by atoms with Crippen LogP contribution in [0.4, 0.5) is 43.9 Å². The van der Waals surface area contributed by atoms with Crippen LogP contribution in [0, 0.1) is 29.1 Å². The fourth-order valence-electron chi connectivity index (χ4n) is 3.97. The minimum atomic E-state index is -5.41. The largest absolute Gasteiger partial charge is 0.573 e. The molecule has 0 unspecified atom stereocenters. The lowest BCUT2D eigenvalue weighted by molar-refractivity contribution is -0.276. The summed E-state index contributed by atoms with van der Waals surface area (Å²) >= 11 is 0. The van der Waals surface area contributed by atoms with Crippen molar-refractivity contribution in [2.45, 2.75) is 19.7 Å². The Hall–Kier alpha value is -4.28. The number of hydrogen-bond acceptors (Lipinski definition) is 1. The standard InChI is InChI=1S/C29H16F10O/c1-2-20(30)27(36)15-5-3-14(4-6-15)16-7-8-19(21(31)9-16)17-10-22(32)26(23(33)11-17)18-12-24(34)28(25(35)13-18)40-29(37,38)39/h3-13H,2H2,1H3/b27-20+. The van der Waals surface area contributed by atoms with E-state index in [4.69, 9.17) is 0 Å². The van der Waals surface area contributed by atoms with Crippen LogP contribution in [0.1, 0.15) is 18.9 Å². The van der Waals surface area contributed by atoms with Gasteiger partial charge in [-0.25, -0.2) is 30.7 Å². The fourth-order valence-corrected chi connectivity index (χ4v) is 3.97. The number of hydrogen-bond donors (Lipinski definition) is 0. The maximum absolute atomic E-state index is 15.0. The molecule has 0 saturated carbocycles. The summed E-state index contributed by atoms with van der Waals surface area (Å²) in [6, 6.07) is 11.1. The molecule has 0 heterocycles. The van der Waals surface area contributed by atoms with Crippen LogP contribution in [0.25, 0.3) is 39.2 Å². The van der Waals surface area contributed by atoms with E-state index >= 15 is 0 Å². The molecule has 40 heavy (non-hydrogen) atoms. The van der Waals surface area contributed by atoms with E-state index in [1.165, 1.54) is 43.3 Å². The van der Waals surface area contributed by atoms with E-state index in [9.17, 15) is 43.9 Å². The average molecular weight is 570 g/mol. The van der Waals surface area contributed by atoms with E-state index in [1.54, 1.807) is 0 Å². The maximum atomic E-state index is 15.0. The molecule has 0 spiro atoms. The third-order valence-corrected chi connectivity index (χ3v) is 5.85. The summed E-state index contributed by atoms with van der Waals surface area (Å²) in [5.41, 5.74) is -1.48. The van der Waals surface area contributed by atoms with Crippen molar-refractivity contribution in [3.05, 3.63) is 107 Å². The molecule has 4 rings (SSSR count). The first kappa shape index (κ1) is 28.7. The summed E-state index contributed by atoms with van der Waals surface area (Å²) in [6.45, 7) is 1.45. The molecule has 0 fully saturated rings. The van der Waals surface area contributed by atoms with Crippen molar-refractivity contribution < 1.29 is 48.6 Å². The summed E-state index contributed by atoms with van der Waals surface area (Å²) < 4.78 is 141. The van der Waals surface area contributed by atoms with E-state index in [2.05, 4.69) is 4.74 Å². The number of rotatable bonds is 6. The van der Waals surface area contributed by atoms with E-state index in [-0.39, 0.29) is 35.2 Å². The second kappa shape index (κ2) is 11.1. The molecule has 0 aliphatic heterocycles. The van der Waals surface area contributed by atoms with Gasteiger partial charge in [0.05, 0.1) is 5.56 Å². The molecule has 208 valence electrons. The number of ether oxygens (including phenoxy) is 1. The van der Waals surface area contributed by atoms with Gasteiger partial charge in [0, 0.05) is 11.1 Å². The topological polar surface area (TPSA) is 9.23 Å². The van der Waals surface area contributed by atoms with Crippen LogP contribution >= 0.6 is 0 Å². The van der Waals surface area contributed by atoms with Crippen LogP contribution in [0.3, 0.4) is 0 Å². The van der Waals surface area contributed by atoms with Crippen LogP contribution in [-0.2, 0) is 0 Å². The Kier molecular flexibility index (Phi) is 7.95. The monoisotopic (exact) mass is 570 g/mol. The zero-order chi connectivity index (χ0) is 29.4. The van der Waals surface area contributed by atoms with Crippen molar-refractivity contribution in [2.24, 2.45) is 0 Å². The molecule has 0 N–H and O–H groups in total. The molecule has 0 radical (unpaired) electrons. The van der Waals surface area contributed by atoms with Gasteiger partial charge < -0.3 is 4.74 Å². The highest BCUT2D eigenvalue weighted by atomic mass is 19.4. The Morgan fingerprint density at radius 2 is 1.12 bits per heavy atom. The predicted octanol–water partition coefficient (Wildman–Crippen LogP) is 10.3. The molecule has 0 aromatic heterocycles. The van der Waals surface area contributed by atoms with E-state index in [0.717, 1.165) is 6.07 Å². The van der Waals surface area contributed by atoms with E-state index in [1.807, 2.05) is 0 Å². The van der Waals surface area contributed by atoms with Gasteiger partial charge in [-0.1, -0.05) is 43.3 Å². The highest BCUT2D eigenvalue weighted by molar-refractivity contribution is 5.75. The van der Waals surface area contributed by atoms with Gasteiger partial charge in [0.1, 0.15) is 23.3 Å². The van der Waals surface area contributed by atoms with Crippen LogP contribution in [0.15, 0.2) is 72.6 Å². The summed E-state index contributed by atoms with van der Waals surface area (Å²) in [7, 11) is 0. The Balaban J connectivity index is 1.66. The third kappa shape index (κ3) is 5.98. The Bertz CT molecular complexity index is 1560. The molecular formula is C29H16F10O. The van der Waals surface area contributed by atoms with Crippen LogP contribution in [0.5, 0.6) is 5.75 Å². The van der Waals surface area contributed by atoms with Gasteiger partial charge in [-0.3, -0.25) is 0 Å². The lowest BCUT2D eigenvalue weighted by Gasteiger charge is -2.14. The van der Waals surface area contributed by atoms with E-state index in [0.29, 0.717) is 23.3 Å². The minimum Gasteiger partial charge on any atom is -0.399 e. The fraction of sp³-hybridized carbons (Fsp3) is 0.103. The van der Waals surface area contributed by atoms with Gasteiger partial charge in [-0.15, -0.1) is 13.2 Å². The molecule has 11 heteroatoms. The van der Waals surface area contributed by atoms with Crippen LogP contribution in [0.2, 0.25) is 0 Å². The SMILES string of the molecule is CC/C(F)=C(\F)c1ccc(-c2ccc(-c3cc(F)c(-c4cc(F)c(OC(F)(F)F)c(F)c4)c(F)c3)c(F)c2)cc1. The van der Waals surface area contributed by atoms with Gasteiger partial charge >= 0.3 is 6.36 Å². The predicted molar refractivity (Wildman–Crippen MR) is 129 cm³/mol. The second-order valence-corrected chi connectivity index (χ2v) is 8.48. The molecule has 4 aromatic carbocycles. The van der Waals surface area contributed by atoms with Gasteiger partial charge in [0.15, 0.2) is 17.5 Å². The maximum Gasteiger partial charge on any atom is 0.573 e. The van der Waals surface area contributed by atoms with Gasteiger partial charge in [0.25, 0.3) is 0 Å². The normalized spacial score (nSPS) is 12.4. The molecule has 0 atom stereocenters. The highest BCUT2D eigenvalue weighted by Gasteiger charge is 2.34. The number of allylic oxidation sites excluding steroid dienone is 1. The summed E-state index contributed by atoms with van der Waals surface area (Å²) in [6.07, 6.45) is -5.53. The van der Waals surface area contributed by atoms with Gasteiger partial charge in [0.2, 0.25) is 5.75 Å². The van der Waals surface area contributed by atoms with Crippen molar-refractivity contribution in [2.75, 3.05) is 0 Å². The Morgan fingerprint density at radius 1 is 0.625 bits per heavy atom. The zero-order valence-corrected chi connectivity index (χ0v) is 20.2. The van der Waals surface area contributed by atoms with Crippen LogP contribution < -0.4 is 4.74 Å². The van der Waals surface area contributed by atoms with E-state index < -0.39 is 64.0 Å². The van der Waals surface area contributed by atoms with Crippen LogP contribution in [-0.4, -0.2) is 6.36 Å². The van der Waals surface area contributed by atoms with Crippen molar-refractivity contribution >= 4 is 5.83 Å². The first-order chi connectivity index (χ1) is 18.8. The van der Waals surface area contributed by atoms with Crippen molar-refractivity contribution in [1.29, 1.82) is 0 Å². The number of benzene rings is 4. The molecule has 4 aromatic rings. The second-order valence-electron chi connectivity index (χ2n) is 8.48. The quantitative estimate of drug-likeness (QED) is 0.210. The molecule has 0 aliphatic rings. The summed E-state index contributed by atoms with van der Waals surface area (Å²) in [5, 5.41) is 0. The molecule has 0 saturated heterocycles.